The maximum atomic E-state index is 12.2. The van der Waals surface area contributed by atoms with Crippen LogP contribution in [0.4, 0.5) is 0 Å². The molecule has 0 amide bonds. The molecule has 0 heterocycles. The summed E-state index contributed by atoms with van der Waals surface area (Å²) < 4.78 is 0. The van der Waals surface area contributed by atoms with Crippen LogP contribution in [0.25, 0.3) is 0 Å². The monoisotopic (exact) mass is 239 g/mol. The van der Waals surface area contributed by atoms with Crippen molar-refractivity contribution in [3.8, 4) is 0 Å². The van der Waals surface area contributed by atoms with Crippen molar-refractivity contribution in [2.75, 3.05) is 0 Å². The van der Waals surface area contributed by atoms with Crippen LogP contribution in [0.5, 0.6) is 0 Å². The molecule has 1 saturated carbocycles. The van der Waals surface area contributed by atoms with Gasteiger partial charge in [0.1, 0.15) is 5.78 Å². The van der Waals surface area contributed by atoms with Crippen LogP contribution in [0.2, 0.25) is 0 Å². The van der Waals surface area contributed by atoms with Crippen molar-refractivity contribution in [3.63, 3.8) is 0 Å². The molecule has 1 fully saturated rings. The van der Waals surface area contributed by atoms with Crippen molar-refractivity contribution in [3.05, 3.63) is 0 Å². The van der Waals surface area contributed by atoms with Gasteiger partial charge >= 0.3 is 0 Å². The van der Waals surface area contributed by atoms with E-state index in [0.29, 0.717) is 17.7 Å². The zero-order valence-corrected chi connectivity index (χ0v) is 12.4. The summed E-state index contributed by atoms with van der Waals surface area (Å²) in [6.07, 6.45) is 4.40. The lowest BCUT2D eigenvalue weighted by Crippen LogP contribution is -2.46. The van der Waals surface area contributed by atoms with Crippen LogP contribution in [0.15, 0.2) is 0 Å². The molecule has 0 spiro atoms. The van der Waals surface area contributed by atoms with Crippen LogP contribution in [-0.4, -0.2) is 17.4 Å². The van der Waals surface area contributed by atoms with Crippen molar-refractivity contribution in [2.24, 2.45) is 11.3 Å². The highest BCUT2D eigenvalue weighted by molar-refractivity contribution is 5.86. The number of carbonyl (C=O) groups excluding carboxylic acids is 1. The van der Waals surface area contributed by atoms with Gasteiger partial charge < -0.3 is 5.32 Å². The molecule has 1 rings (SSSR count). The van der Waals surface area contributed by atoms with Crippen LogP contribution in [0.1, 0.15) is 67.2 Å². The highest BCUT2D eigenvalue weighted by atomic mass is 16.1. The fraction of sp³-hybridized carbons (Fsp3) is 0.933. The van der Waals surface area contributed by atoms with E-state index in [2.05, 4.69) is 26.1 Å². The number of hydrogen-bond acceptors (Lipinski definition) is 2. The van der Waals surface area contributed by atoms with Crippen LogP contribution >= 0.6 is 0 Å². The van der Waals surface area contributed by atoms with Gasteiger partial charge in [0.25, 0.3) is 0 Å². The number of ketones is 1. The Hall–Kier alpha value is -0.370. The molecule has 1 aliphatic rings. The molecule has 17 heavy (non-hydrogen) atoms. The van der Waals surface area contributed by atoms with E-state index in [4.69, 9.17) is 0 Å². The third-order valence-corrected chi connectivity index (χ3v) is 3.47. The van der Waals surface area contributed by atoms with Crippen molar-refractivity contribution in [1.82, 2.24) is 5.32 Å². The van der Waals surface area contributed by atoms with E-state index >= 15 is 0 Å². The van der Waals surface area contributed by atoms with Crippen molar-refractivity contribution < 1.29 is 4.79 Å². The summed E-state index contributed by atoms with van der Waals surface area (Å²) in [6, 6.07) is 0.596. The summed E-state index contributed by atoms with van der Waals surface area (Å²) in [5, 5.41) is 3.64. The maximum Gasteiger partial charge on any atom is 0.141 e. The highest BCUT2D eigenvalue weighted by Crippen LogP contribution is 2.31. The summed E-state index contributed by atoms with van der Waals surface area (Å²) in [5.74, 6) is 0.750. The Bertz CT molecular complexity index is 262. The Balaban J connectivity index is 2.44. The second-order valence-corrected chi connectivity index (χ2v) is 7.56. The molecule has 0 aromatic heterocycles. The SMILES string of the molecule is CC(C)(C)NC1CCC(C(=O)C(C)(C)C)CC1. The minimum absolute atomic E-state index is 0.172. The van der Waals surface area contributed by atoms with Crippen molar-refractivity contribution >= 4 is 5.78 Å². The fourth-order valence-electron chi connectivity index (χ4n) is 2.72. The van der Waals surface area contributed by atoms with Gasteiger partial charge in [0, 0.05) is 22.9 Å². The Morgan fingerprint density at radius 3 is 1.76 bits per heavy atom. The molecule has 0 aromatic rings. The lowest BCUT2D eigenvalue weighted by molar-refractivity contribution is -0.131. The summed E-state index contributed by atoms with van der Waals surface area (Å²) in [6.45, 7) is 12.7. The molecule has 1 aliphatic carbocycles. The van der Waals surface area contributed by atoms with Gasteiger partial charge in [-0.2, -0.15) is 0 Å². The number of Topliss-reactive ketones (excluding diaryl/α,β-unsaturated/α-hetero) is 1. The number of rotatable bonds is 2. The van der Waals surface area contributed by atoms with E-state index in [1.165, 1.54) is 0 Å². The zero-order chi connectivity index (χ0) is 13.3. The van der Waals surface area contributed by atoms with E-state index in [1.807, 2.05) is 20.8 Å². The molecule has 2 heteroatoms. The molecule has 1 N–H and O–H groups in total. The molecule has 0 unspecified atom stereocenters. The second-order valence-electron chi connectivity index (χ2n) is 7.56. The van der Waals surface area contributed by atoms with Gasteiger partial charge in [-0.25, -0.2) is 0 Å². The molecule has 2 nitrogen and oxygen atoms in total. The average molecular weight is 239 g/mol. The maximum absolute atomic E-state index is 12.2. The average Bonchev–Trinajstić information content (AvgIpc) is 2.14. The fourth-order valence-corrected chi connectivity index (χ4v) is 2.72. The van der Waals surface area contributed by atoms with Crippen molar-refractivity contribution in [1.29, 1.82) is 0 Å². The lowest BCUT2D eigenvalue weighted by Gasteiger charge is -2.35. The Kier molecular flexibility index (Phi) is 4.40. The molecule has 0 aliphatic heterocycles. The molecular formula is C15H29NO. The normalized spacial score (nSPS) is 26.9. The summed E-state index contributed by atoms with van der Waals surface area (Å²) in [7, 11) is 0. The highest BCUT2D eigenvalue weighted by Gasteiger charge is 2.33. The molecule has 0 atom stereocenters. The molecule has 0 radical (unpaired) electrons. The predicted molar refractivity (Wildman–Crippen MR) is 73.1 cm³/mol. The summed E-state index contributed by atoms with van der Waals surface area (Å²) >= 11 is 0. The first-order chi connectivity index (χ1) is 7.59. The standard InChI is InChI=1S/C15H29NO/c1-14(2,3)13(17)11-7-9-12(10-8-11)16-15(4,5)6/h11-12,16H,7-10H2,1-6H3. The lowest BCUT2D eigenvalue weighted by atomic mass is 9.75. The summed E-state index contributed by atoms with van der Waals surface area (Å²) in [5.41, 5.74) is 0.0144. The van der Waals surface area contributed by atoms with Crippen LogP contribution < -0.4 is 5.32 Å². The van der Waals surface area contributed by atoms with Gasteiger partial charge in [0.05, 0.1) is 0 Å². The Morgan fingerprint density at radius 1 is 0.941 bits per heavy atom. The molecule has 0 aromatic carbocycles. The van der Waals surface area contributed by atoms with E-state index < -0.39 is 0 Å². The van der Waals surface area contributed by atoms with Gasteiger partial charge in [-0.15, -0.1) is 0 Å². The minimum Gasteiger partial charge on any atom is -0.309 e. The minimum atomic E-state index is -0.172. The van der Waals surface area contributed by atoms with Gasteiger partial charge in [0.2, 0.25) is 0 Å². The topological polar surface area (TPSA) is 29.1 Å². The largest absolute Gasteiger partial charge is 0.309 e. The Labute approximate surface area is 107 Å². The van der Waals surface area contributed by atoms with Gasteiger partial charge in [-0.05, 0) is 46.5 Å². The summed E-state index contributed by atoms with van der Waals surface area (Å²) in [4.78, 5) is 12.2. The van der Waals surface area contributed by atoms with Crippen LogP contribution in [0, 0.1) is 11.3 Å². The van der Waals surface area contributed by atoms with E-state index in [9.17, 15) is 4.79 Å². The van der Waals surface area contributed by atoms with Crippen LogP contribution in [-0.2, 0) is 4.79 Å². The smallest absolute Gasteiger partial charge is 0.141 e. The predicted octanol–water partition coefficient (Wildman–Crippen LogP) is 3.55. The molecule has 0 bridgehead atoms. The first-order valence-corrected chi connectivity index (χ1v) is 6.91. The molecule has 0 saturated heterocycles. The second kappa shape index (κ2) is 5.09. The number of hydrogen-bond donors (Lipinski definition) is 1. The van der Waals surface area contributed by atoms with Crippen molar-refractivity contribution in [2.45, 2.75) is 78.8 Å². The number of nitrogens with one attached hydrogen (secondary N) is 1. The third-order valence-electron chi connectivity index (χ3n) is 3.47. The quantitative estimate of drug-likeness (QED) is 0.798. The first-order valence-electron chi connectivity index (χ1n) is 6.91. The van der Waals surface area contributed by atoms with E-state index in [1.54, 1.807) is 0 Å². The van der Waals surface area contributed by atoms with Gasteiger partial charge in [0.15, 0.2) is 0 Å². The third kappa shape index (κ3) is 4.79. The van der Waals surface area contributed by atoms with Gasteiger partial charge in [-0.1, -0.05) is 20.8 Å². The van der Waals surface area contributed by atoms with Gasteiger partial charge in [-0.3, -0.25) is 4.79 Å². The zero-order valence-electron chi connectivity index (χ0n) is 12.4. The Morgan fingerprint density at radius 2 is 1.41 bits per heavy atom. The van der Waals surface area contributed by atoms with E-state index in [0.717, 1.165) is 25.7 Å². The molecule has 100 valence electrons. The first kappa shape index (κ1) is 14.7. The van der Waals surface area contributed by atoms with Crippen LogP contribution in [0.3, 0.4) is 0 Å². The van der Waals surface area contributed by atoms with E-state index in [-0.39, 0.29) is 11.0 Å². The number of carbonyl (C=O) groups is 1. The molecular weight excluding hydrogens is 210 g/mol.